The Morgan fingerprint density at radius 1 is 1.17 bits per heavy atom. The Kier molecular flexibility index (Phi) is 5.17. The molecule has 0 unspecified atom stereocenters. The summed E-state index contributed by atoms with van der Waals surface area (Å²) in [4.78, 5) is 28.4. The molecule has 3 heterocycles. The predicted molar refractivity (Wildman–Crippen MR) is 106 cm³/mol. The molecule has 1 N–H and O–H groups in total. The maximum atomic E-state index is 12.5. The molecule has 4 rings (SSSR count). The highest BCUT2D eigenvalue weighted by molar-refractivity contribution is 7.99. The number of hydrogen-bond donors (Lipinski definition) is 1. The average molecular weight is 411 g/mol. The number of ether oxygens (including phenoxy) is 2. The highest BCUT2D eigenvalue weighted by Gasteiger charge is 2.21. The van der Waals surface area contributed by atoms with Gasteiger partial charge in [0.1, 0.15) is 0 Å². The number of hydrogen-bond acceptors (Lipinski definition) is 8. The second-order valence-corrected chi connectivity index (χ2v) is 7.19. The number of nitrogens with zero attached hydrogens (tertiary/aromatic N) is 4. The normalized spacial score (nSPS) is 12.1. The largest absolute Gasteiger partial charge is 0.454 e. The van der Waals surface area contributed by atoms with E-state index in [-0.39, 0.29) is 24.2 Å². The molecule has 148 valence electrons. The number of pyridine rings is 1. The minimum Gasteiger partial charge on any atom is -0.454 e. The second-order valence-electron chi connectivity index (χ2n) is 6.25. The molecule has 1 aromatic carbocycles. The molecule has 0 saturated carbocycles. The lowest BCUT2D eigenvalue weighted by Crippen LogP contribution is -2.16. The van der Waals surface area contributed by atoms with Crippen LogP contribution in [0.25, 0.3) is 11.4 Å². The fourth-order valence-corrected chi connectivity index (χ4v) is 3.56. The Bertz CT molecular complexity index is 1080. The van der Waals surface area contributed by atoms with Crippen LogP contribution in [-0.4, -0.2) is 44.0 Å². The molecule has 29 heavy (non-hydrogen) atoms. The molecule has 1 amide bonds. The molecule has 1 aliphatic heterocycles. The maximum absolute atomic E-state index is 12.5. The number of anilines is 1. The van der Waals surface area contributed by atoms with Crippen molar-refractivity contribution in [1.29, 1.82) is 0 Å². The van der Waals surface area contributed by atoms with E-state index in [0.717, 1.165) is 5.56 Å². The summed E-state index contributed by atoms with van der Waals surface area (Å²) in [6.07, 6.45) is 3.37. The molecule has 0 spiro atoms. The molecule has 0 radical (unpaired) electrons. The lowest BCUT2D eigenvalue weighted by atomic mass is 10.1. The van der Waals surface area contributed by atoms with Gasteiger partial charge in [0.2, 0.25) is 12.7 Å². The highest BCUT2D eigenvalue weighted by atomic mass is 32.2. The summed E-state index contributed by atoms with van der Waals surface area (Å²) in [6.45, 7) is 1.52. The van der Waals surface area contributed by atoms with Gasteiger partial charge in [-0.25, -0.2) is 0 Å². The van der Waals surface area contributed by atoms with Gasteiger partial charge in [-0.05, 0) is 25.1 Å². The topological polar surface area (TPSA) is 108 Å². The van der Waals surface area contributed by atoms with E-state index in [1.807, 2.05) is 23.7 Å². The van der Waals surface area contributed by atoms with Gasteiger partial charge in [-0.1, -0.05) is 11.8 Å². The van der Waals surface area contributed by atoms with E-state index in [0.29, 0.717) is 33.7 Å². The van der Waals surface area contributed by atoms with E-state index >= 15 is 0 Å². The van der Waals surface area contributed by atoms with Crippen LogP contribution >= 0.6 is 11.8 Å². The third-order valence-electron chi connectivity index (χ3n) is 4.27. The maximum Gasteiger partial charge on any atom is 0.234 e. The van der Waals surface area contributed by atoms with Gasteiger partial charge in [-0.15, -0.1) is 10.2 Å². The smallest absolute Gasteiger partial charge is 0.234 e. The third-order valence-corrected chi connectivity index (χ3v) is 5.29. The molecule has 0 saturated heterocycles. The van der Waals surface area contributed by atoms with Gasteiger partial charge in [-0.2, -0.15) is 0 Å². The van der Waals surface area contributed by atoms with Crippen LogP contribution in [0.4, 0.5) is 5.69 Å². The Morgan fingerprint density at radius 3 is 2.62 bits per heavy atom. The molecule has 2 aromatic heterocycles. The first-order valence-corrected chi connectivity index (χ1v) is 9.68. The van der Waals surface area contributed by atoms with E-state index in [9.17, 15) is 9.59 Å². The second kappa shape index (κ2) is 7.92. The molecule has 0 bridgehead atoms. The molecule has 0 atom stereocenters. The summed E-state index contributed by atoms with van der Waals surface area (Å²) in [7, 11) is 1.84. The number of Topliss-reactive ketones (excluding diaryl/α,β-unsaturated/α-hetero) is 1. The molecule has 0 aliphatic carbocycles. The van der Waals surface area contributed by atoms with Gasteiger partial charge < -0.3 is 19.4 Å². The number of rotatable bonds is 6. The Balaban J connectivity index is 1.45. The zero-order valence-electron chi connectivity index (χ0n) is 15.7. The van der Waals surface area contributed by atoms with Crippen LogP contribution in [-0.2, 0) is 11.8 Å². The first-order valence-electron chi connectivity index (χ1n) is 8.70. The first kappa shape index (κ1) is 18.9. The van der Waals surface area contributed by atoms with Gasteiger partial charge in [0.15, 0.2) is 28.3 Å². The van der Waals surface area contributed by atoms with Crippen molar-refractivity contribution >= 4 is 29.1 Å². The number of ketones is 1. The van der Waals surface area contributed by atoms with Crippen molar-refractivity contribution in [2.24, 2.45) is 7.05 Å². The molecular weight excluding hydrogens is 394 g/mol. The van der Waals surface area contributed by atoms with E-state index in [2.05, 4.69) is 20.5 Å². The number of aromatic nitrogens is 4. The summed E-state index contributed by atoms with van der Waals surface area (Å²) in [5, 5.41) is 11.7. The van der Waals surface area contributed by atoms with Crippen LogP contribution in [0.1, 0.15) is 17.3 Å². The molecule has 1 aliphatic rings. The fourth-order valence-electron chi connectivity index (χ4n) is 2.85. The van der Waals surface area contributed by atoms with Gasteiger partial charge >= 0.3 is 0 Å². The van der Waals surface area contributed by atoms with E-state index in [1.165, 1.54) is 18.7 Å². The van der Waals surface area contributed by atoms with Crippen LogP contribution in [0.3, 0.4) is 0 Å². The number of nitrogens with one attached hydrogen (secondary N) is 1. The molecular formula is C19H17N5O4S. The van der Waals surface area contributed by atoms with Crippen molar-refractivity contribution in [1.82, 2.24) is 19.7 Å². The van der Waals surface area contributed by atoms with Crippen LogP contribution in [0.5, 0.6) is 11.5 Å². The number of amides is 1. The molecule has 9 nitrogen and oxygen atoms in total. The Morgan fingerprint density at radius 2 is 1.90 bits per heavy atom. The van der Waals surface area contributed by atoms with Gasteiger partial charge in [0, 0.05) is 36.6 Å². The van der Waals surface area contributed by atoms with Crippen LogP contribution < -0.4 is 14.8 Å². The van der Waals surface area contributed by atoms with E-state index in [4.69, 9.17) is 9.47 Å². The summed E-state index contributed by atoms with van der Waals surface area (Å²) in [5.41, 5.74) is 1.65. The van der Waals surface area contributed by atoms with Crippen LogP contribution in [0.2, 0.25) is 0 Å². The highest BCUT2D eigenvalue weighted by Crippen LogP contribution is 2.37. The lowest BCUT2D eigenvalue weighted by molar-refractivity contribution is -0.113. The number of carbonyl (C=O) groups is 2. The summed E-state index contributed by atoms with van der Waals surface area (Å²) < 4.78 is 12.4. The monoisotopic (exact) mass is 411 g/mol. The molecule has 10 heteroatoms. The Hall–Kier alpha value is -3.40. The van der Waals surface area contributed by atoms with Gasteiger partial charge in [-0.3, -0.25) is 14.6 Å². The van der Waals surface area contributed by atoms with Gasteiger partial charge in [0.25, 0.3) is 0 Å². The third kappa shape index (κ3) is 3.92. The van der Waals surface area contributed by atoms with E-state index < -0.39 is 0 Å². The summed E-state index contributed by atoms with van der Waals surface area (Å²) >= 11 is 1.25. The van der Waals surface area contributed by atoms with Crippen molar-refractivity contribution in [3.63, 3.8) is 0 Å². The predicted octanol–water partition coefficient (Wildman–Crippen LogP) is 2.54. The SMILES string of the molecule is CC(=O)c1cc2c(cc1NC(=O)CSc1nnc(-c3ccncc3)n1C)OCO2. The van der Waals surface area contributed by atoms with Gasteiger partial charge in [0.05, 0.1) is 11.4 Å². The van der Waals surface area contributed by atoms with Crippen molar-refractivity contribution in [3.8, 4) is 22.9 Å². The standard InChI is InChI=1S/C19H17N5O4S/c1-11(25)13-7-15-16(28-10-27-15)8-14(13)21-17(26)9-29-19-23-22-18(24(19)2)12-3-5-20-6-4-12/h3-8H,9-10H2,1-2H3,(H,21,26). The van der Waals surface area contributed by atoms with Crippen molar-refractivity contribution in [3.05, 3.63) is 42.2 Å². The van der Waals surface area contributed by atoms with Crippen LogP contribution in [0.15, 0.2) is 41.8 Å². The van der Waals surface area contributed by atoms with E-state index in [1.54, 1.807) is 24.5 Å². The number of carbonyl (C=O) groups excluding carboxylic acids is 2. The Labute approximate surface area is 170 Å². The number of thioether (sulfide) groups is 1. The summed E-state index contributed by atoms with van der Waals surface area (Å²) in [5.74, 6) is 1.32. The van der Waals surface area contributed by atoms with Crippen molar-refractivity contribution < 1.29 is 19.1 Å². The van der Waals surface area contributed by atoms with Crippen molar-refractivity contribution in [2.75, 3.05) is 17.9 Å². The zero-order chi connectivity index (χ0) is 20.4. The average Bonchev–Trinajstić information content (AvgIpc) is 3.32. The lowest BCUT2D eigenvalue weighted by Gasteiger charge is -2.10. The summed E-state index contributed by atoms with van der Waals surface area (Å²) in [6, 6.07) is 6.87. The quantitative estimate of drug-likeness (QED) is 0.487. The zero-order valence-corrected chi connectivity index (χ0v) is 16.5. The van der Waals surface area contributed by atoms with Crippen LogP contribution in [0, 0.1) is 0 Å². The number of benzene rings is 1. The molecule has 0 fully saturated rings. The molecule has 3 aromatic rings. The van der Waals surface area contributed by atoms with Crippen molar-refractivity contribution in [2.45, 2.75) is 12.1 Å². The minimum absolute atomic E-state index is 0.0892. The first-order chi connectivity index (χ1) is 14.0. The minimum atomic E-state index is -0.273. The fraction of sp³-hybridized carbons (Fsp3) is 0.211. The number of fused-ring (bicyclic) bond motifs is 1.